The summed E-state index contributed by atoms with van der Waals surface area (Å²) >= 11 is 0. The lowest BCUT2D eigenvalue weighted by Gasteiger charge is -2.19. The van der Waals surface area contributed by atoms with Gasteiger partial charge in [-0.05, 0) is 26.8 Å². The Morgan fingerprint density at radius 1 is 1.05 bits per heavy atom. The molecule has 0 heterocycles. The number of hydrogen-bond donors (Lipinski definition) is 2. The number of rotatable bonds is 4. The van der Waals surface area contributed by atoms with E-state index in [1.165, 1.54) is 0 Å². The summed E-state index contributed by atoms with van der Waals surface area (Å²) < 4.78 is 4.95. The maximum atomic E-state index is 11.2. The molecule has 0 radical (unpaired) electrons. The Labute approximate surface area is 111 Å². The first-order valence-electron chi connectivity index (χ1n) is 5.18. The van der Waals surface area contributed by atoms with Crippen molar-refractivity contribution in [1.29, 1.82) is 0 Å². The van der Waals surface area contributed by atoms with Crippen LogP contribution in [0.25, 0.3) is 0 Å². The van der Waals surface area contributed by atoms with Crippen molar-refractivity contribution in [2.24, 2.45) is 0 Å². The van der Waals surface area contributed by atoms with Gasteiger partial charge in [0.05, 0.1) is 5.57 Å². The van der Waals surface area contributed by atoms with Crippen LogP contribution in [0.2, 0.25) is 0 Å². The Kier molecular flexibility index (Phi) is 8.67. The van der Waals surface area contributed by atoms with Crippen molar-refractivity contribution in [2.75, 3.05) is 0 Å². The van der Waals surface area contributed by atoms with Gasteiger partial charge in [0.2, 0.25) is 0 Å². The summed E-state index contributed by atoms with van der Waals surface area (Å²) in [4.78, 5) is 30.6. The Morgan fingerprint density at radius 2 is 1.47 bits per heavy atom. The molecule has 0 saturated heterocycles. The predicted octanol–water partition coefficient (Wildman–Crippen LogP) is 1.78. The van der Waals surface area contributed by atoms with Crippen LogP contribution in [0.1, 0.15) is 20.8 Å². The molecule has 106 valence electrons. The number of carbonyl (C=O) groups excluding carboxylic acids is 1. The highest BCUT2D eigenvalue weighted by molar-refractivity contribution is 5.93. The predicted molar refractivity (Wildman–Crippen MR) is 69.6 cm³/mol. The van der Waals surface area contributed by atoms with Crippen LogP contribution in [0.3, 0.4) is 0 Å². The minimum atomic E-state index is -1.13. The number of ether oxygens (including phenoxy) is 1. The average Bonchev–Trinajstić information content (AvgIpc) is 2.24. The third-order valence-electron chi connectivity index (χ3n) is 1.26. The first kappa shape index (κ1) is 19.0. The quantitative estimate of drug-likeness (QED) is 0.459. The summed E-state index contributed by atoms with van der Waals surface area (Å²) in [5, 5.41) is 15.9. The van der Waals surface area contributed by atoms with Gasteiger partial charge in [-0.25, -0.2) is 14.4 Å². The summed E-state index contributed by atoms with van der Waals surface area (Å²) in [5.74, 6) is -2.73. The fraction of sp³-hybridized carbons (Fsp3) is 0.308. The highest BCUT2D eigenvalue weighted by atomic mass is 16.6. The number of carbonyl (C=O) groups is 3. The highest BCUT2D eigenvalue weighted by Gasteiger charge is 2.17. The van der Waals surface area contributed by atoms with Crippen LogP contribution in [0.4, 0.5) is 0 Å². The average molecular weight is 270 g/mol. The van der Waals surface area contributed by atoms with Crippen LogP contribution in [-0.2, 0) is 19.1 Å². The van der Waals surface area contributed by atoms with Crippen LogP contribution >= 0.6 is 0 Å². The summed E-state index contributed by atoms with van der Waals surface area (Å²) in [7, 11) is 0. The summed E-state index contributed by atoms with van der Waals surface area (Å²) in [5.41, 5.74) is -0.584. The fourth-order valence-corrected chi connectivity index (χ4v) is 0.584. The molecule has 0 aliphatic heterocycles. The third-order valence-corrected chi connectivity index (χ3v) is 1.26. The molecule has 0 spiro atoms. The normalized spacial score (nSPS) is 10.1. The zero-order valence-electron chi connectivity index (χ0n) is 11.2. The van der Waals surface area contributed by atoms with Crippen molar-refractivity contribution in [3.63, 3.8) is 0 Å². The molecule has 0 atom stereocenters. The molecule has 2 N–H and O–H groups in total. The van der Waals surface area contributed by atoms with Gasteiger partial charge in [-0.2, -0.15) is 0 Å². The molecule has 0 amide bonds. The van der Waals surface area contributed by atoms with Gasteiger partial charge >= 0.3 is 17.9 Å². The monoisotopic (exact) mass is 270 g/mol. The molecule has 0 unspecified atom stereocenters. The lowest BCUT2D eigenvalue weighted by Crippen LogP contribution is -2.24. The first-order valence-corrected chi connectivity index (χ1v) is 5.18. The molecule has 0 bridgehead atoms. The van der Waals surface area contributed by atoms with E-state index < -0.39 is 23.5 Å². The van der Waals surface area contributed by atoms with Crippen molar-refractivity contribution >= 4 is 17.9 Å². The number of aliphatic carboxylic acids is 2. The molecule has 0 aliphatic carbocycles. The summed E-state index contributed by atoms with van der Waals surface area (Å²) in [6.45, 7) is 11.5. The summed E-state index contributed by atoms with van der Waals surface area (Å²) in [6.07, 6.45) is 2.78. The highest BCUT2D eigenvalue weighted by Crippen LogP contribution is 2.10. The van der Waals surface area contributed by atoms with E-state index >= 15 is 0 Å². The van der Waals surface area contributed by atoms with Gasteiger partial charge in [-0.15, -0.1) is 0 Å². The van der Waals surface area contributed by atoms with E-state index in [0.29, 0.717) is 0 Å². The van der Waals surface area contributed by atoms with E-state index in [9.17, 15) is 14.4 Å². The van der Waals surface area contributed by atoms with Crippen LogP contribution in [-0.4, -0.2) is 33.7 Å². The molecular weight excluding hydrogens is 252 g/mol. The van der Waals surface area contributed by atoms with Gasteiger partial charge in [-0.1, -0.05) is 13.2 Å². The third kappa shape index (κ3) is 15.6. The Balaban J connectivity index is 0. The van der Waals surface area contributed by atoms with Crippen molar-refractivity contribution in [3.05, 3.63) is 37.0 Å². The standard InChI is InChI=1S/C10H14O4.C3H4O2/c1-7(5-6-8(11)12)9(13)14-10(2,3)4;1-2-3(4)5/h5-6H,1H2,2-4H3,(H,11,12);2H,1H2,(H,4,5). The van der Waals surface area contributed by atoms with Crippen molar-refractivity contribution in [2.45, 2.75) is 26.4 Å². The molecule has 0 fully saturated rings. The smallest absolute Gasteiger partial charge is 0.338 e. The van der Waals surface area contributed by atoms with Gasteiger partial charge in [-0.3, -0.25) is 0 Å². The van der Waals surface area contributed by atoms with E-state index in [1.54, 1.807) is 20.8 Å². The molecule has 0 aromatic carbocycles. The second-order valence-electron chi connectivity index (χ2n) is 4.24. The molecule has 0 aromatic heterocycles. The van der Waals surface area contributed by atoms with Crippen molar-refractivity contribution in [1.82, 2.24) is 0 Å². The molecule has 0 aromatic rings. The largest absolute Gasteiger partial charge is 0.478 e. The molecule has 19 heavy (non-hydrogen) atoms. The van der Waals surface area contributed by atoms with Crippen LogP contribution < -0.4 is 0 Å². The molecule has 0 rings (SSSR count). The van der Waals surface area contributed by atoms with Gasteiger partial charge < -0.3 is 14.9 Å². The van der Waals surface area contributed by atoms with E-state index in [4.69, 9.17) is 14.9 Å². The molecular formula is C13H18O6. The lowest BCUT2D eigenvalue weighted by atomic mass is 10.2. The van der Waals surface area contributed by atoms with E-state index in [2.05, 4.69) is 13.2 Å². The summed E-state index contributed by atoms with van der Waals surface area (Å²) in [6, 6.07) is 0. The van der Waals surface area contributed by atoms with Crippen molar-refractivity contribution in [3.8, 4) is 0 Å². The number of hydrogen-bond acceptors (Lipinski definition) is 4. The Hall–Kier alpha value is -2.37. The number of carboxylic acid groups (broad SMARTS) is 2. The van der Waals surface area contributed by atoms with Crippen LogP contribution in [0, 0.1) is 0 Å². The van der Waals surface area contributed by atoms with Gasteiger partial charge in [0.25, 0.3) is 0 Å². The molecule has 6 nitrogen and oxygen atoms in total. The van der Waals surface area contributed by atoms with Gasteiger partial charge in [0.1, 0.15) is 5.60 Å². The molecule has 0 saturated carbocycles. The zero-order chi connectivity index (χ0) is 15.6. The first-order chi connectivity index (χ1) is 8.49. The number of esters is 1. The number of carboxylic acids is 2. The topological polar surface area (TPSA) is 101 Å². The minimum Gasteiger partial charge on any atom is -0.478 e. The maximum absolute atomic E-state index is 11.2. The van der Waals surface area contributed by atoms with Crippen molar-refractivity contribution < 1.29 is 29.3 Å². The lowest BCUT2D eigenvalue weighted by molar-refractivity contribution is -0.149. The van der Waals surface area contributed by atoms with Gasteiger partial charge in [0.15, 0.2) is 0 Å². The SMILES string of the molecule is C=C(C=CC(=O)O)C(=O)OC(C)(C)C.C=CC(=O)O. The van der Waals surface area contributed by atoms with Gasteiger partial charge in [0, 0.05) is 12.2 Å². The molecule has 6 heteroatoms. The minimum absolute atomic E-state index is 0.0160. The molecule has 0 aliphatic rings. The van der Waals surface area contributed by atoms with Crippen LogP contribution in [0.5, 0.6) is 0 Å². The van der Waals surface area contributed by atoms with Crippen LogP contribution in [0.15, 0.2) is 37.0 Å². The maximum Gasteiger partial charge on any atom is 0.338 e. The second kappa shape index (κ2) is 8.68. The Morgan fingerprint density at radius 3 is 1.74 bits per heavy atom. The second-order valence-corrected chi connectivity index (χ2v) is 4.24. The van der Waals surface area contributed by atoms with E-state index in [1.807, 2.05) is 0 Å². The fourth-order valence-electron chi connectivity index (χ4n) is 0.584. The Bertz CT molecular complexity index is 398. The zero-order valence-corrected chi connectivity index (χ0v) is 11.2. The van der Waals surface area contributed by atoms with E-state index in [-0.39, 0.29) is 5.57 Å². The van der Waals surface area contributed by atoms with E-state index in [0.717, 1.165) is 18.2 Å².